The van der Waals surface area contributed by atoms with Crippen molar-refractivity contribution in [2.24, 2.45) is 0 Å². The molecule has 1 aliphatic heterocycles. The second-order valence-electron chi connectivity index (χ2n) is 6.99. The Kier molecular flexibility index (Phi) is 5.63. The van der Waals surface area contributed by atoms with Crippen LogP contribution in [0.25, 0.3) is 11.1 Å². The van der Waals surface area contributed by atoms with E-state index < -0.39 is 0 Å². The number of fused-ring (bicyclic) bond motifs is 1. The van der Waals surface area contributed by atoms with Gasteiger partial charge in [-0.25, -0.2) is 0 Å². The average molecular weight is 373 g/mol. The molecule has 3 heteroatoms. The molecule has 0 amide bonds. The molecule has 1 N–H and O–H groups in total. The van der Waals surface area contributed by atoms with E-state index in [9.17, 15) is 0 Å². The van der Waals surface area contributed by atoms with Crippen LogP contribution in [-0.4, -0.2) is 19.8 Å². The third kappa shape index (κ3) is 3.76. The molecule has 3 nitrogen and oxygen atoms in total. The van der Waals surface area contributed by atoms with Crippen molar-refractivity contribution in [1.29, 1.82) is 0 Å². The molecule has 0 saturated heterocycles. The molecular weight excluding hydrogens is 346 g/mol. The molecule has 0 bridgehead atoms. The molecule has 0 aliphatic carbocycles. The van der Waals surface area contributed by atoms with Crippen LogP contribution in [0.2, 0.25) is 0 Å². The van der Waals surface area contributed by atoms with Crippen molar-refractivity contribution in [2.45, 2.75) is 26.3 Å². The highest BCUT2D eigenvalue weighted by Gasteiger charge is 2.24. The Bertz CT molecular complexity index is 919. The first-order valence-corrected chi connectivity index (χ1v) is 10.1. The van der Waals surface area contributed by atoms with Crippen LogP contribution >= 0.6 is 0 Å². The third-order valence-electron chi connectivity index (χ3n) is 5.21. The van der Waals surface area contributed by atoms with E-state index in [1.54, 1.807) is 0 Å². The van der Waals surface area contributed by atoms with Gasteiger partial charge in [0.2, 0.25) is 0 Å². The van der Waals surface area contributed by atoms with Crippen molar-refractivity contribution in [3.63, 3.8) is 0 Å². The fourth-order valence-electron chi connectivity index (χ4n) is 3.90. The number of nitrogens with one attached hydrogen (secondary N) is 1. The Morgan fingerprint density at radius 2 is 1.46 bits per heavy atom. The van der Waals surface area contributed by atoms with Crippen molar-refractivity contribution >= 4 is 0 Å². The summed E-state index contributed by atoms with van der Waals surface area (Å²) in [7, 11) is 0. The second kappa shape index (κ2) is 8.49. The van der Waals surface area contributed by atoms with Gasteiger partial charge < -0.3 is 14.8 Å². The molecule has 0 saturated carbocycles. The average Bonchev–Trinajstić information content (AvgIpc) is 2.75. The molecule has 0 fully saturated rings. The maximum atomic E-state index is 5.86. The minimum absolute atomic E-state index is 0.170. The standard InChI is InChI=1S/C25H27NO2/c1-3-27-23-16-21-14-15-26-25(22(21)17-24(23)28-4-2)20-12-10-19(11-13-20)18-8-6-5-7-9-18/h5-13,16-17,25-26H,3-4,14-15H2,1-2H3. The van der Waals surface area contributed by atoms with Crippen LogP contribution in [-0.2, 0) is 6.42 Å². The molecule has 0 aromatic heterocycles. The smallest absolute Gasteiger partial charge is 0.161 e. The SMILES string of the molecule is CCOc1cc2c(cc1OCC)C(c1ccc(-c3ccccc3)cc1)NCC2. The van der Waals surface area contributed by atoms with Gasteiger partial charge in [0.25, 0.3) is 0 Å². The largest absolute Gasteiger partial charge is 0.490 e. The zero-order chi connectivity index (χ0) is 19.3. The van der Waals surface area contributed by atoms with E-state index >= 15 is 0 Å². The van der Waals surface area contributed by atoms with Gasteiger partial charge in [-0.15, -0.1) is 0 Å². The summed E-state index contributed by atoms with van der Waals surface area (Å²) < 4.78 is 11.7. The Morgan fingerprint density at radius 3 is 2.14 bits per heavy atom. The predicted octanol–water partition coefficient (Wildman–Crippen LogP) is 5.39. The number of ether oxygens (including phenoxy) is 2. The lowest BCUT2D eigenvalue weighted by Gasteiger charge is -2.29. The maximum Gasteiger partial charge on any atom is 0.161 e. The quantitative estimate of drug-likeness (QED) is 0.629. The first kappa shape index (κ1) is 18.6. The van der Waals surface area contributed by atoms with Crippen LogP contribution in [0, 0.1) is 0 Å². The molecule has 3 aromatic rings. The lowest BCUT2D eigenvalue weighted by Crippen LogP contribution is -2.30. The molecule has 1 atom stereocenters. The van der Waals surface area contributed by atoms with E-state index in [-0.39, 0.29) is 6.04 Å². The van der Waals surface area contributed by atoms with E-state index in [1.807, 2.05) is 19.9 Å². The van der Waals surface area contributed by atoms with Crippen molar-refractivity contribution in [3.8, 4) is 22.6 Å². The van der Waals surface area contributed by atoms with Crippen molar-refractivity contribution in [1.82, 2.24) is 5.32 Å². The highest BCUT2D eigenvalue weighted by molar-refractivity contribution is 5.64. The molecule has 1 unspecified atom stereocenters. The van der Waals surface area contributed by atoms with Crippen LogP contribution in [0.15, 0.2) is 66.7 Å². The van der Waals surface area contributed by atoms with Crippen LogP contribution in [0.1, 0.15) is 36.6 Å². The summed E-state index contributed by atoms with van der Waals surface area (Å²) in [6.45, 7) is 6.24. The van der Waals surface area contributed by atoms with E-state index in [0.29, 0.717) is 13.2 Å². The lowest BCUT2D eigenvalue weighted by molar-refractivity contribution is 0.286. The summed E-state index contributed by atoms with van der Waals surface area (Å²) in [5.41, 5.74) is 6.37. The van der Waals surface area contributed by atoms with Crippen LogP contribution < -0.4 is 14.8 Å². The number of benzene rings is 3. The van der Waals surface area contributed by atoms with Gasteiger partial charge in [0.1, 0.15) is 0 Å². The minimum Gasteiger partial charge on any atom is -0.490 e. The molecule has 4 rings (SSSR count). The van der Waals surface area contributed by atoms with Gasteiger partial charge in [-0.2, -0.15) is 0 Å². The maximum absolute atomic E-state index is 5.86. The second-order valence-corrected chi connectivity index (χ2v) is 6.99. The Labute approximate surface area is 167 Å². The molecule has 28 heavy (non-hydrogen) atoms. The summed E-state index contributed by atoms with van der Waals surface area (Å²) in [6, 6.07) is 23.9. The van der Waals surface area contributed by atoms with Gasteiger partial charge in [-0.3, -0.25) is 0 Å². The van der Waals surface area contributed by atoms with Crippen molar-refractivity contribution < 1.29 is 9.47 Å². The van der Waals surface area contributed by atoms with Gasteiger partial charge in [0.15, 0.2) is 11.5 Å². The van der Waals surface area contributed by atoms with Crippen LogP contribution in [0.3, 0.4) is 0 Å². The van der Waals surface area contributed by atoms with Gasteiger partial charge in [0.05, 0.1) is 19.3 Å². The molecule has 1 heterocycles. The minimum atomic E-state index is 0.170. The molecule has 144 valence electrons. The monoisotopic (exact) mass is 373 g/mol. The van der Waals surface area contributed by atoms with E-state index in [1.165, 1.54) is 27.8 Å². The fraction of sp³-hybridized carbons (Fsp3) is 0.280. The first-order valence-electron chi connectivity index (χ1n) is 10.1. The number of rotatable bonds is 6. The van der Waals surface area contributed by atoms with Gasteiger partial charge in [-0.05, 0) is 60.2 Å². The molecule has 1 aliphatic rings. The van der Waals surface area contributed by atoms with Gasteiger partial charge in [-0.1, -0.05) is 54.6 Å². The normalized spacial score (nSPS) is 15.7. The van der Waals surface area contributed by atoms with Crippen molar-refractivity contribution in [2.75, 3.05) is 19.8 Å². The van der Waals surface area contributed by atoms with Gasteiger partial charge >= 0.3 is 0 Å². The summed E-state index contributed by atoms with van der Waals surface area (Å²) in [5.74, 6) is 1.68. The summed E-state index contributed by atoms with van der Waals surface area (Å²) in [5, 5.41) is 3.68. The molecule has 0 spiro atoms. The van der Waals surface area contributed by atoms with Gasteiger partial charge in [0, 0.05) is 6.54 Å². The third-order valence-corrected chi connectivity index (χ3v) is 5.21. The van der Waals surface area contributed by atoms with Crippen LogP contribution in [0.4, 0.5) is 0 Å². The highest BCUT2D eigenvalue weighted by atomic mass is 16.5. The predicted molar refractivity (Wildman–Crippen MR) is 114 cm³/mol. The lowest BCUT2D eigenvalue weighted by atomic mass is 9.88. The van der Waals surface area contributed by atoms with E-state index in [2.05, 4.69) is 66.0 Å². The molecule has 0 radical (unpaired) electrons. The number of hydrogen-bond acceptors (Lipinski definition) is 3. The zero-order valence-electron chi connectivity index (χ0n) is 16.6. The Morgan fingerprint density at radius 1 is 0.821 bits per heavy atom. The van der Waals surface area contributed by atoms with E-state index in [0.717, 1.165) is 24.5 Å². The van der Waals surface area contributed by atoms with Crippen molar-refractivity contribution in [3.05, 3.63) is 83.4 Å². The summed E-state index contributed by atoms with van der Waals surface area (Å²) in [4.78, 5) is 0. The Balaban J connectivity index is 1.68. The molecule has 3 aromatic carbocycles. The van der Waals surface area contributed by atoms with Crippen LogP contribution in [0.5, 0.6) is 11.5 Å². The Hall–Kier alpha value is -2.78. The number of hydrogen-bond donors (Lipinski definition) is 1. The summed E-state index contributed by atoms with van der Waals surface area (Å²) >= 11 is 0. The topological polar surface area (TPSA) is 30.5 Å². The summed E-state index contributed by atoms with van der Waals surface area (Å²) in [6.07, 6.45) is 1.00. The highest BCUT2D eigenvalue weighted by Crippen LogP contribution is 2.38. The zero-order valence-corrected chi connectivity index (χ0v) is 16.6. The molecular formula is C25H27NO2. The fourth-order valence-corrected chi connectivity index (χ4v) is 3.90. The first-order chi connectivity index (χ1) is 13.8. The van der Waals surface area contributed by atoms with E-state index in [4.69, 9.17) is 9.47 Å².